The molecule has 0 aliphatic carbocycles. The van der Waals surface area contributed by atoms with Gasteiger partial charge in [0.05, 0.1) is 13.7 Å². The molecule has 7 heteroatoms. The van der Waals surface area contributed by atoms with Crippen molar-refractivity contribution in [2.75, 3.05) is 12.0 Å². The van der Waals surface area contributed by atoms with Crippen molar-refractivity contribution in [1.82, 2.24) is 14.3 Å². The molecule has 122 valence electrons. The van der Waals surface area contributed by atoms with Gasteiger partial charge in [-0.05, 0) is 36.6 Å². The summed E-state index contributed by atoms with van der Waals surface area (Å²) in [6.45, 7) is 4.95. The third kappa shape index (κ3) is 2.74. The Morgan fingerprint density at radius 3 is 2.52 bits per heavy atom. The number of fused-ring (bicyclic) bond motifs is 1. The molecule has 1 aliphatic rings. The Balaban J connectivity index is 1.88. The van der Waals surface area contributed by atoms with Crippen LogP contribution in [0.1, 0.15) is 26.1 Å². The molecule has 0 saturated heterocycles. The number of amides is 1. The molecule has 2 aromatic rings. The molecule has 0 unspecified atom stereocenters. The second-order valence-electron chi connectivity index (χ2n) is 5.99. The lowest BCUT2D eigenvalue weighted by Gasteiger charge is -2.16. The Labute approximate surface area is 134 Å². The van der Waals surface area contributed by atoms with Gasteiger partial charge >= 0.3 is 11.7 Å². The van der Waals surface area contributed by atoms with E-state index < -0.39 is 0 Å². The molecule has 2 heterocycles. The molecule has 3 rings (SSSR count). The van der Waals surface area contributed by atoms with Gasteiger partial charge in [-0.25, -0.2) is 14.3 Å². The maximum atomic E-state index is 12.7. The number of ether oxygens (including phenoxy) is 1. The average molecular weight is 316 g/mol. The van der Waals surface area contributed by atoms with E-state index in [0.717, 1.165) is 17.9 Å². The van der Waals surface area contributed by atoms with Crippen LogP contribution in [0, 0.1) is 5.92 Å². The van der Waals surface area contributed by atoms with Gasteiger partial charge in [-0.1, -0.05) is 13.8 Å². The number of rotatable bonds is 5. The molecule has 0 bridgehead atoms. The van der Waals surface area contributed by atoms with Gasteiger partial charge < -0.3 is 4.74 Å². The predicted octanol–water partition coefficient (Wildman–Crippen LogP) is 2.09. The number of aromatic nitrogens is 3. The van der Waals surface area contributed by atoms with Crippen molar-refractivity contribution in [2.24, 2.45) is 5.92 Å². The summed E-state index contributed by atoms with van der Waals surface area (Å²) in [5.74, 6) is 1.66. The zero-order chi connectivity index (χ0) is 16.6. The van der Waals surface area contributed by atoms with E-state index in [2.05, 4.69) is 18.8 Å². The highest BCUT2D eigenvalue weighted by atomic mass is 16.5. The summed E-state index contributed by atoms with van der Waals surface area (Å²) in [6, 6.07) is 6.99. The van der Waals surface area contributed by atoms with Crippen molar-refractivity contribution in [3.05, 3.63) is 40.6 Å². The molecule has 1 aliphatic heterocycles. The van der Waals surface area contributed by atoms with E-state index in [1.54, 1.807) is 24.1 Å². The number of hydrogen-bond donors (Lipinski definition) is 0. The van der Waals surface area contributed by atoms with Gasteiger partial charge in [0.2, 0.25) is 0 Å². The Hall–Kier alpha value is -2.57. The maximum Gasteiger partial charge on any atom is 0.364 e. The molecule has 7 nitrogen and oxygen atoms in total. The molecule has 1 aromatic carbocycles. The van der Waals surface area contributed by atoms with Gasteiger partial charge in [-0.15, -0.1) is 0 Å². The summed E-state index contributed by atoms with van der Waals surface area (Å²) in [4.78, 5) is 30.3. The highest BCUT2D eigenvalue weighted by molar-refractivity contribution is 5.95. The largest absolute Gasteiger partial charge is 0.497 e. The first-order chi connectivity index (χ1) is 11.0. The average Bonchev–Trinajstić information content (AvgIpc) is 3.01. The number of carbonyl (C=O) groups excluding carboxylic acids is 1. The van der Waals surface area contributed by atoms with Crippen LogP contribution in [0.4, 0.5) is 10.5 Å². The lowest BCUT2D eigenvalue weighted by Crippen LogP contribution is -2.34. The van der Waals surface area contributed by atoms with Gasteiger partial charge in [-0.2, -0.15) is 9.67 Å². The Bertz CT molecular complexity index is 774. The van der Waals surface area contributed by atoms with Crippen LogP contribution in [-0.4, -0.2) is 27.5 Å². The van der Waals surface area contributed by atoms with Gasteiger partial charge in [0.25, 0.3) is 0 Å². The van der Waals surface area contributed by atoms with E-state index in [1.807, 2.05) is 12.1 Å². The van der Waals surface area contributed by atoms with Crippen molar-refractivity contribution in [3.63, 3.8) is 0 Å². The third-order valence-electron chi connectivity index (χ3n) is 3.95. The Kier molecular flexibility index (Phi) is 3.94. The van der Waals surface area contributed by atoms with E-state index in [1.165, 1.54) is 9.36 Å². The quantitative estimate of drug-likeness (QED) is 0.847. The molecule has 1 amide bonds. The summed E-state index contributed by atoms with van der Waals surface area (Å²) >= 11 is 0. The number of benzene rings is 1. The minimum Gasteiger partial charge on any atom is -0.497 e. The van der Waals surface area contributed by atoms with Gasteiger partial charge in [0.15, 0.2) is 5.82 Å². The van der Waals surface area contributed by atoms with Crippen molar-refractivity contribution < 1.29 is 9.53 Å². The fourth-order valence-corrected chi connectivity index (χ4v) is 2.62. The van der Waals surface area contributed by atoms with Crippen molar-refractivity contribution in [1.29, 1.82) is 0 Å². The van der Waals surface area contributed by atoms with Crippen LogP contribution in [-0.2, 0) is 13.1 Å². The first-order valence-corrected chi connectivity index (χ1v) is 7.66. The molecule has 0 N–H and O–H groups in total. The van der Waals surface area contributed by atoms with Crippen molar-refractivity contribution in [3.8, 4) is 5.75 Å². The number of carbonyl (C=O) groups is 1. The van der Waals surface area contributed by atoms with Crippen LogP contribution in [0.2, 0.25) is 0 Å². The molecular weight excluding hydrogens is 296 g/mol. The van der Waals surface area contributed by atoms with E-state index in [-0.39, 0.29) is 11.7 Å². The van der Waals surface area contributed by atoms with Crippen LogP contribution in [0.3, 0.4) is 0 Å². The molecule has 0 saturated carbocycles. The monoisotopic (exact) mass is 316 g/mol. The minimum absolute atomic E-state index is 0.247. The Morgan fingerprint density at radius 2 is 1.91 bits per heavy atom. The molecule has 23 heavy (non-hydrogen) atoms. The summed E-state index contributed by atoms with van der Waals surface area (Å²) in [5.41, 5.74) is 0.396. The number of methoxy groups -OCH3 is 1. The van der Waals surface area contributed by atoms with Crippen LogP contribution < -0.4 is 15.3 Å². The summed E-state index contributed by atoms with van der Waals surface area (Å²) < 4.78 is 7.96. The van der Waals surface area contributed by atoms with Crippen LogP contribution in [0.15, 0.2) is 29.1 Å². The Morgan fingerprint density at radius 1 is 1.22 bits per heavy atom. The maximum absolute atomic E-state index is 12.7. The molecule has 0 fully saturated rings. The van der Waals surface area contributed by atoms with Crippen molar-refractivity contribution in [2.45, 2.75) is 33.4 Å². The molecular formula is C16H20N4O3. The molecule has 1 aromatic heterocycles. The SMILES string of the molecule is COc1ccc(N2Cc3nc(=O)n(CCC(C)C)n3C2=O)cc1. The second-order valence-corrected chi connectivity index (χ2v) is 5.99. The normalized spacial score (nSPS) is 13.7. The zero-order valence-corrected chi connectivity index (χ0v) is 13.5. The predicted molar refractivity (Wildman–Crippen MR) is 85.9 cm³/mol. The summed E-state index contributed by atoms with van der Waals surface area (Å²) in [6.07, 6.45) is 0.820. The lowest BCUT2D eigenvalue weighted by atomic mass is 10.1. The summed E-state index contributed by atoms with van der Waals surface area (Å²) in [7, 11) is 1.60. The van der Waals surface area contributed by atoms with Crippen LogP contribution in [0.5, 0.6) is 5.75 Å². The highest BCUT2D eigenvalue weighted by Gasteiger charge is 2.33. The summed E-state index contributed by atoms with van der Waals surface area (Å²) in [5, 5.41) is 0. The van der Waals surface area contributed by atoms with E-state index in [0.29, 0.717) is 24.8 Å². The topological polar surface area (TPSA) is 69.4 Å². The smallest absolute Gasteiger partial charge is 0.364 e. The standard InChI is InChI=1S/C16H20N4O3/c1-11(2)8-9-19-15(21)17-14-10-18(16(22)20(14)19)12-4-6-13(23-3)7-5-12/h4-7,11H,8-10H2,1-3H3. The lowest BCUT2D eigenvalue weighted by molar-refractivity contribution is 0.243. The molecule has 0 radical (unpaired) electrons. The van der Waals surface area contributed by atoms with E-state index >= 15 is 0 Å². The fourth-order valence-electron chi connectivity index (χ4n) is 2.62. The van der Waals surface area contributed by atoms with Gasteiger partial charge in [0, 0.05) is 12.2 Å². The zero-order valence-electron chi connectivity index (χ0n) is 13.5. The van der Waals surface area contributed by atoms with Crippen LogP contribution in [0.25, 0.3) is 0 Å². The molecule has 0 atom stereocenters. The fraction of sp³-hybridized carbons (Fsp3) is 0.438. The number of anilines is 1. The second kappa shape index (κ2) is 5.91. The van der Waals surface area contributed by atoms with Gasteiger partial charge in [0.1, 0.15) is 5.75 Å². The highest BCUT2D eigenvalue weighted by Crippen LogP contribution is 2.25. The van der Waals surface area contributed by atoms with E-state index in [4.69, 9.17) is 4.74 Å². The third-order valence-corrected chi connectivity index (χ3v) is 3.95. The van der Waals surface area contributed by atoms with Crippen LogP contribution >= 0.6 is 0 Å². The van der Waals surface area contributed by atoms with Crippen molar-refractivity contribution >= 4 is 11.7 Å². The molecule has 0 spiro atoms. The minimum atomic E-state index is -0.358. The number of hydrogen-bond acceptors (Lipinski definition) is 4. The first-order valence-electron chi connectivity index (χ1n) is 7.66. The van der Waals surface area contributed by atoms with Gasteiger partial charge in [-0.3, -0.25) is 4.90 Å². The first kappa shape index (κ1) is 15.3. The van der Waals surface area contributed by atoms with E-state index in [9.17, 15) is 9.59 Å². The number of nitrogens with zero attached hydrogens (tertiary/aromatic N) is 4.